The summed E-state index contributed by atoms with van der Waals surface area (Å²) in [7, 11) is -9.33. The summed E-state index contributed by atoms with van der Waals surface area (Å²) in [5.41, 5.74) is 0. The van der Waals surface area contributed by atoms with Gasteiger partial charge in [0.15, 0.2) is 0 Å². The minimum atomic E-state index is -4.92. The van der Waals surface area contributed by atoms with Gasteiger partial charge in [0.05, 0.1) is 32.0 Å². The smallest absolute Gasteiger partial charge is 0.255 e. The van der Waals surface area contributed by atoms with E-state index in [9.17, 15) is 37.8 Å². The molecule has 19 heavy (non-hydrogen) atoms. The third-order valence-corrected chi connectivity index (χ3v) is 3.13. The van der Waals surface area contributed by atoms with Crippen LogP contribution in [0, 0.1) is 5.92 Å². The second kappa shape index (κ2) is 12.6. The summed E-state index contributed by atoms with van der Waals surface area (Å²) in [6.07, 6.45) is -0.508. The van der Waals surface area contributed by atoms with Gasteiger partial charge in [-0.1, -0.05) is 0 Å². The maximum Gasteiger partial charge on any atom is 0.302 e. The van der Waals surface area contributed by atoms with Crippen molar-refractivity contribution in [3.8, 4) is 0 Å². The maximum atomic E-state index is 12.1. The van der Waals surface area contributed by atoms with Gasteiger partial charge < -0.3 is 0 Å². The predicted molar refractivity (Wildman–Crippen MR) is 62.6 cm³/mol. The summed E-state index contributed by atoms with van der Waals surface area (Å²) in [5, 5.41) is 0. The molecule has 11 heteroatoms. The number of hydrogen-bond acceptors (Lipinski definition) is 4. The van der Waals surface area contributed by atoms with E-state index in [0.29, 0.717) is 7.18 Å². The Morgan fingerprint density at radius 2 is 1.16 bits per heavy atom. The molecule has 0 amide bonds. The van der Waals surface area contributed by atoms with Crippen LogP contribution in [0.3, 0.4) is 0 Å². The Kier molecular flexibility index (Phi) is 15.6. The van der Waals surface area contributed by atoms with Crippen molar-refractivity contribution in [3.63, 3.8) is 0 Å². The van der Waals surface area contributed by atoms with Crippen molar-refractivity contribution >= 4 is 20.4 Å². The van der Waals surface area contributed by atoms with E-state index in [0.717, 1.165) is 0 Å². The Hall–Kier alpha value is -0.450. The lowest BCUT2D eigenvalue weighted by molar-refractivity contribution is 0.413. The highest BCUT2D eigenvalue weighted by atomic mass is 32.3. The SMILES string of the molecule is CCF.CF.O=S(=O)(F)CC(CCF)CS(=O)(=O)F. The molecule has 0 radical (unpaired) electrons. The Morgan fingerprint density at radius 1 is 0.895 bits per heavy atom. The van der Waals surface area contributed by atoms with E-state index in [2.05, 4.69) is 0 Å². The Balaban J connectivity index is -0.000000445. The molecule has 0 aromatic rings. The van der Waals surface area contributed by atoms with Gasteiger partial charge in [-0.2, -0.15) is 16.8 Å². The summed E-state index contributed by atoms with van der Waals surface area (Å²) in [6, 6.07) is 0. The van der Waals surface area contributed by atoms with Crippen molar-refractivity contribution in [1.82, 2.24) is 0 Å². The van der Waals surface area contributed by atoms with Gasteiger partial charge in [0.25, 0.3) is 0 Å². The highest BCUT2D eigenvalue weighted by molar-refractivity contribution is 7.87. The molecular formula is C8H17F5O4S2. The number of hydrogen-bond donors (Lipinski definition) is 0. The zero-order chi connectivity index (χ0) is 16.1. The summed E-state index contributed by atoms with van der Waals surface area (Å²) < 4.78 is 96.1. The van der Waals surface area contributed by atoms with Crippen LogP contribution in [0.15, 0.2) is 0 Å². The van der Waals surface area contributed by atoms with Crippen LogP contribution >= 0.6 is 0 Å². The molecule has 0 atom stereocenters. The van der Waals surface area contributed by atoms with Crippen LogP contribution < -0.4 is 0 Å². The second-order valence-corrected chi connectivity index (χ2v) is 5.84. The quantitative estimate of drug-likeness (QED) is 0.550. The van der Waals surface area contributed by atoms with E-state index in [1.807, 2.05) is 0 Å². The van der Waals surface area contributed by atoms with Crippen LogP contribution in [0.25, 0.3) is 0 Å². The van der Waals surface area contributed by atoms with E-state index in [4.69, 9.17) is 0 Å². The number of halogens is 5. The zero-order valence-electron chi connectivity index (χ0n) is 10.5. The third-order valence-electron chi connectivity index (χ3n) is 1.39. The zero-order valence-corrected chi connectivity index (χ0v) is 12.1. The molecule has 0 bridgehead atoms. The Labute approximate surface area is 110 Å². The number of alkyl halides is 3. The van der Waals surface area contributed by atoms with Gasteiger partial charge in [0.1, 0.15) is 0 Å². The molecule has 0 unspecified atom stereocenters. The highest BCUT2D eigenvalue weighted by Gasteiger charge is 2.24. The van der Waals surface area contributed by atoms with Crippen molar-refractivity contribution in [2.75, 3.05) is 32.0 Å². The molecule has 120 valence electrons. The topological polar surface area (TPSA) is 68.3 Å². The minimum Gasteiger partial charge on any atom is -0.255 e. The van der Waals surface area contributed by atoms with Crippen molar-refractivity contribution in [3.05, 3.63) is 0 Å². The average molecular weight is 336 g/mol. The van der Waals surface area contributed by atoms with Crippen molar-refractivity contribution in [1.29, 1.82) is 0 Å². The molecule has 0 rings (SSSR count). The Bertz CT molecular complexity index is 348. The van der Waals surface area contributed by atoms with E-state index in [-0.39, 0.29) is 6.67 Å². The molecule has 0 aliphatic rings. The van der Waals surface area contributed by atoms with E-state index < -0.39 is 51.0 Å². The molecule has 0 aliphatic carbocycles. The van der Waals surface area contributed by atoms with E-state index in [1.165, 1.54) is 6.92 Å². The fourth-order valence-corrected chi connectivity index (χ4v) is 2.78. The van der Waals surface area contributed by atoms with Gasteiger partial charge in [-0.25, -0.2) is 0 Å². The molecule has 0 fully saturated rings. The fraction of sp³-hybridized carbons (Fsp3) is 1.00. The largest absolute Gasteiger partial charge is 0.302 e. The first-order valence-electron chi connectivity index (χ1n) is 4.90. The summed E-state index contributed by atoms with van der Waals surface area (Å²) >= 11 is 0. The first-order valence-corrected chi connectivity index (χ1v) is 8.00. The minimum absolute atomic E-state index is 0.250. The molecule has 0 saturated heterocycles. The molecule has 0 aliphatic heterocycles. The van der Waals surface area contributed by atoms with Gasteiger partial charge in [-0.05, 0) is 19.3 Å². The van der Waals surface area contributed by atoms with Gasteiger partial charge >= 0.3 is 20.4 Å². The van der Waals surface area contributed by atoms with Gasteiger partial charge in [-0.3, -0.25) is 13.2 Å². The van der Waals surface area contributed by atoms with Crippen molar-refractivity contribution < 1.29 is 37.8 Å². The molecular weight excluding hydrogens is 319 g/mol. The first-order chi connectivity index (χ1) is 8.55. The van der Waals surface area contributed by atoms with E-state index in [1.54, 1.807) is 0 Å². The lowest BCUT2D eigenvalue weighted by Gasteiger charge is -2.09. The van der Waals surface area contributed by atoms with Crippen LogP contribution in [-0.4, -0.2) is 48.9 Å². The van der Waals surface area contributed by atoms with Crippen LogP contribution in [0.2, 0.25) is 0 Å². The Morgan fingerprint density at radius 3 is 1.32 bits per heavy atom. The van der Waals surface area contributed by atoms with Crippen LogP contribution in [-0.2, 0) is 20.4 Å². The average Bonchev–Trinajstić information content (AvgIpc) is 2.17. The standard InChI is InChI=1S/C5H9F3O4S2.C2H5F.CH3F/c6-2-1-5(3-13(7,9)10)4-14(8,11)12;1-2-3;1-2/h5H,1-4H2;2H2,1H3;1H3. The fourth-order valence-electron chi connectivity index (χ4n) is 0.932. The molecule has 4 nitrogen and oxygen atoms in total. The second-order valence-electron chi connectivity index (χ2n) is 3.02. The molecule has 0 aromatic carbocycles. The van der Waals surface area contributed by atoms with Crippen LogP contribution in [0.4, 0.5) is 20.9 Å². The lowest BCUT2D eigenvalue weighted by atomic mass is 10.1. The normalized spacial score (nSPS) is 11.2. The number of rotatable bonds is 6. The molecule has 0 aromatic heterocycles. The maximum absolute atomic E-state index is 12.1. The lowest BCUT2D eigenvalue weighted by Crippen LogP contribution is -2.20. The molecule has 0 N–H and O–H groups in total. The van der Waals surface area contributed by atoms with Crippen LogP contribution in [0.1, 0.15) is 13.3 Å². The summed E-state index contributed by atoms with van der Waals surface area (Å²) in [6.45, 7) is 0.176. The third kappa shape index (κ3) is 26.9. The van der Waals surface area contributed by atoms with Gasteiger partial charge in [0.2, 0.25) is 0 Å². The highest BCUT2D eigenvalue weighted by Crippen LogP contribution is 2.12. The molecule has 0 spiro atoms. The first kappa shape index (κ1) is 23.6. The van der Waals surface area contributed by atoms with Gasteiger partial charge in [-0.15, -0.1) is 7.77 Å². The summed E-state index contributed by atoms with van der Waals surface area (Å²) in [5.74, 6) is -3.75. The monoisotopic (exact) mass is 336 g/mol. The van der Waals surface area contributed by atoms with Crippen molar-refractivity contribution in [2.24, 2.45) is 5.92 Å². The van der Waals surface area contributed by atoms with Crippen LogP contribution in [0.5, 0.6) is 0 Å². The molecule has 0 heterocycles. The summed E-state index contributed by atoms with van der Waals surface area (Å²) in [4.78, 5) is 0. The predicted octanol–water partition coefficient (Wildman–Crippen LogP) is 2.12. The van der Waals surface area contributed by atoms with Crippen molar-refractivity contribution in [2.45, 2.75) is 13.3 Å². The van der Waals surface area contributed by atoms with Gasteiger partial charge in [0, 0.05) is 0 Å². The van der Waals surface area contributed by atoms with E-state index >= 15 is 0 Å². The molecule has 0 saturated carbocycles.